The Morgan fingerprint density at radius 3 is 2.32 bits per heavy atom. The van der Waals surface area contributed by atoms with Gasteiger partial charge in [0.1, 0.15) is 5.75 Å². The molecule has 5 heteroatoms. The number of halogens is 1. The quantitative estimate of drug-likeness (QED) is 0.801. The summed E-state index contributed by atoms with van der Waals surface area (Å²) in [5.41, 5.74) is 1.22. The third kappa shape index (κ3) is 3.61. The molecular formula is C17H18FNO3. The van der Waals surface area contributed by atoms with Gasteiger partial charge >= 0.3 is 5.97 Å². The Morgan fingerprint density at radius 2 is 1.82 bits per heavy atom. The third-order valence-corrected chi connectivity index (χ3v) is 3.16. The highest BCUT2D eigenvalue weighted by molar-refractivity contribution is 5.88. The molecule has 22 heavy (non-hydrogen) atoms. The molecule has 2 aromatic rings. The predicted octanol–water partition coefficient (Wildman–Crippen LogP) is 4.10. The van der Waals surface area contributed by atoms with Gasteiger partial charge in [0.25, 0.3) is 5.88 Å². The number of nitrogens with zero attached hydrogens (tertiary/aromatic N) is 1. The van der Waals surface area contributed by atoms with Crippen LogP contribution in [-0.4, -0.2) is 18.1 Å². The van der Waals surface area contributed by atoms with E-state index in [4.69, 9.17) is 4.74 Å². The second-order valence-electron chi connectivity index (χ2n) is 5.88. The molecule has 1 aromatic carbocycles. The summed E-state index contributed by atoms with van der Waals surface area (Å²) in [7, 11) is 1.22. The molecule has 4 nitrogen and oxygen atoms in total. The molecule has 2 rings (SSSR count). The lowest BCUT2D eigenvalue weighted by molar-refractivity contribution is 0.0599. The van der Waals surface area contributed by atoms with Gasteiger partial charge in [0.05, 0.1) is 12.7 Å². The lowest BCUT2D eigenvalue weighted by Crippen LogP contribution is -2.10. The SMILES string of the molecule is COC(=O)c1cnc(Oc2ccc(C(C)(C)C)cc2)c(F)c1. The van der Waals surface area contributed by atoms with Gasteiger partial charge in [0, 0.05) is 6.20 Å². The van der Waals surface area contributed by atoms with E-state index in [9.17, 15) is 9.18 Å². The average Bonchev–Trinajstić information content (AvgIpc) is 2.48. The number of hydrogen-bond acceptors (Lipinski definition) is 4. The maximum Gasteiger partial charge on any atom is 0.339 e. The Kier molecular flexibility index (Phi) is 4.45. The van der Waals surface area contributed by atoms with Crippen LogP contribution in [0.25, 0.3) is 0 Å². The summed E-state index contributed by atoms with van der Waals surface area (Å²) in [4.78, 5) is 15.1. The highest BCUT2D eigenvalue weighted by Gasteiger charge is 2.15. The van der Waals surface area contributed by atoms with E-state index in [1.807, 2.05) is 12.1 Å². The van der Waals surface area contributed by atoms with Crippen molar-refractivity contribution in [3.05, 3.63) is 53.5 Å². The fourth-order valence-electron chi connectivity index (χ4n) is 1.86. The van der Waals surface area contributed by atoms with Crippen molar-refractivity contribution in [1.82, 2.24) is 4.98 Å². The monoisotopic (exact) mass is 303 g/mol. The number of aromatic nitrogens is 1. The topological polar surface area (TPSA) is 48.4 Å². The van der Waals surface area contributed by atoms with Crippen LogP contribution in [0.1, 0.15) is 36.7 Å². The number of methoxy groups -OCH3 is 1. The first-order valence-corrected chi connectivity index (χ1v) is 6.83. The van der Waals surface area contributed by atoms with Crippen LogP contribution in [0.2, 0.25) is 0 Å². The molecule has 0 aliphatic heterocycles. The fourth-order valence-corrected chi connectivity index (χ4v) is 1.86. The molecule has 0 atom stereocenters. The van der Waals surface area contributed by atoms with Gasteiger partial charge in [0.2, 0.25) is 0 Å². The van der Waals surface area contributed by atoms with Crippen LogP contribution in [0.15, 0.2) is 36.5 Å². The van der Waals surface area contributed by atoms with Gasteiger partial charge in [-0.15, -0.1) is 0 Å². The van der Waals surface area contributed by atoms with E-state index in [-0.39, 0.29) is 16.9 Å². The number of benzene rings is 1. The van der Waals surface area contributed by atoms with Crippen molar-refractivity contribution in [3.8, 4) is 11.6 Å². The molecule has 1 heterocycles. The molecular weight excluding hydrogens is 285 g/mol. The maximum atomic E-state index is 13.9. The molecule has 0 N–H and O–H groups in total. The van der Waals surface area contributed by atoms with Crippen LogP contribution >= 0.6 is 0 Å². The molecule has 0 bridgehead atoms. The molecule has 0 aliphatic rings. The van der Waals surface area contributed by atoms with Crippen molar-refractivity contribution in [3.63, 3.8) is 0 Å². The predicted molar refractivity (Wildman–Crippen MR) is 80.8 cm³/mol. The van der Waals surface area contributed by atoms with Gasteiger partial charge in [-0.3, -0.25) is 0 Å². The molecule has 0 radical (unpaired) electrons. The summed E-state index contributed by atoms with van der Waals surface area (Å²) in [6.45, 7) is 6.32. The van der Waals surface area contributed by atoms with Crippen molar-refractivity contribution in [2.75, 3.05) is 7.11 Å². The lowest BCUT2D eigenvalue weighted by Gasteiger charge is -2.19. The summed E-state index contributed by atoms with van der Waals surface area (Å²) in [6.07, 6.45) is 1.22. The van der Waals surface area contributed by atoms with E-state index >= 15 is 0 Å². The largest absolute Gasteiger partial charge is 0.465 e. The van der Waals surface area contributed by atoms with E-state index in [0.29, 0.717) is 5.75 Å². The van der Waals surface area contributed by atoms with Crippen molar-refractivity contribution in [1.29, 1.82) is 0 Å². The first-order valence-electron chi connectivity index (χ1n) is 6.83. The van der Waals surface area contributed by atoms with Crippen molar-refractivity contribution in [2.24, 2.45) is 0 Å². The number of ether oxygens (including phenoxy) is 2. The van der Waals surface area contributed by atoms with E-state index in [1.165, 1.54) is 13.3 Å². The van der Waals surface area contributed by atoms with Crippen molar-refractivity contribution >= 4 is 5.97 Å². The van der Waals surface area contributed by atoms with Crippen LogP contribution in [0, 0.1) is 5.82 Å². The standard InChI is InChI=1S/C17H18FNO3/c1-17(2,3)12-5-7-13(8-6-12)22-15-14(18)9-11(10-19-15)16(20)21-4/h5-10H,1-4H3. The number of esters is 1. The zero-order valence-corrected chi connectivity index (χ0v) is 13.0. The van der Waals surface area contributed by atoms with E-state index in [0.717, 1.165) is 11.6 Å². The zero-order chi connectivity index (χ0) is 16.3. The van der Waals surface area contributed by atoms with Crippen LogP contribution in [0.5, 0.6) is 11.6 Å². The Labute approximate surface area is 128 Å². The van der Waals surface area contributed by atoms with Gasteiger partial charge < -0.3 is 9.47 Å². The zero-order valence-electron chi connectivity index (χ0n) is 13.0. The number of carbonyl (C=O) groups is 1. The van der Waals surface area contributed by atoms with Crippen molar-refractivity contribution in [2.45, 2.75) is 26.2 Å². The summed E-state index contributed by atoms with van der Waals surface area (Å²) in [5, 5.41) is 0. The van der Waals surface area contributed by atoms with Gasteiger partial charge in [-0.25, -0.2) is 14.2 Å². The molecule has 116 valence electrons. The minimum atomic E-state index is -0.720. The molecule has 0 fully saturated rings. The smallest absolute Gasteiger partial charge is 0.339 e. The number of carbonyl (C=O) groups excluding carboxylic acids is 1. The van der Waals surface area contributed by atoms with E-state index < -0.39 is 11.8 Å². The van der Waals surface area contributed by atoms with Crippen LogP contribution in [0.3, 0.4) is 0 Å². The number of rotatable bonds is 3. The normalized spacial score (nSPS) is 11.1. The van der Waals surface area contributed by atoms with Gasteiger partial charge in [-0.2, -0.15) is 0 Å². The summed E-state index contributed by atoms with van der Waals surface area (Å²) >= 11 is 0. The summed E-state index contributed by atoms with van der Waals surface area (Å²) in [6, 6.07) is 8.41. The number of pyridine rings is 1. The Morgan fingerprint density at radius 1 is 1.18 bits per heavy atom. The molecule has 1 aromatic heterocycles. The van der Waals surface area contributed by atoms with Crippen LogP contribution in [-0.2, 0) is 10.2 Å². The summed E-state index contributed by atoms with van der Waals surface area (Å²) < 4.78 is 23.8. The van der Waals surface area contributed by atoms with Crippen molar-refractivity contribution < 1.29 is 18.7 Å². The molecule has 0 amide bonds. The Hall–Kier alpha value is -2.43. The second-order valence-corrected chi connectivity index (χ2v) is 5.88. The number of hydrogen-bond donors (Lipinski definition) is 0. The van der Waals surface area contributed by atoms with Gasteiger partial charge in [-0.1, -0.05) is 32.9 Å². The fraction of sp³-hybridized carbons (Fsp3) is 0.294. The van der Waals surface area contributed by atoms with E-state index in [1.54, 1.807) is 12.1 Å². The summed E-state index contributed by atoms with van der Waals surface area (Å²) in [5.74, 6) is -1.07. The minimum absolute atomic E-state index is 0.0319. The average molecular weight is 303 g/mol. The van der Waals surface area contributed by atoms with E-state index in [2.05, 4.69) is 30.5 Å². The first kappa shape index (κ1) is 15.9. The molecule has 0 saturated carbocycles. The molecule has 0 spiro atoms. The van der Waals surface area contributed by atoms with Crippen LogP contribution < -0.4 is 4.74 Å². The molecule has 0 unspecified atom stereocenters. The lowest BCUT2D eigenvalue weighted by atomic mass is 9.87. The van der Waals surface area contributed by atoms with Gasteiger partial charge in [-0.05, 0) is 29.2 Å². The maximum absolute atomic E-state index is 13.9. The highest BCUT2D eigenvalue weighted by atomic mass is 19.1. The second kappa shape index (κ2) is 6.13. The van der Waals surface area contributed by atoms with Crippen LogP contribution in [0.4, 0.5) is 4.39 Å². The first-order chi connectivity index (χ1) is 10.3. The minimum Gasteiger partial charge on any atom is -0.465 e. The highest BCUT2D eigenvalue weighted by Crippen LogP contribution is 2.27. The van der Waals surface area contributed by atoms with Gasteiger partial charge in [0.15, 0.2) is 5.82 Å². The third-order valence-electron chi connectivity index (χ3n) is 3.16. The molecule has 0 aliphatic carbocycles. The Balaban J connectivity index is 2.19. The molecule has 0 saturated heterocycles. The Bertz CT molecular complexity index is 675.